The molecule has 2 fully saturated rings. The molecule has 4 rings (SSSR count). The molecule has 2 N–H and O–H groups in total. The smallest absolute Gasteiger partial charge is 0.321 e. The minimum absolute atomic E-state index is 0.163. The number of benzene rings is 1. The summed E-state index contributed by atoms with van der Waals surface area (Å²) in [7, 11) is 0. The molecular weight excluding hydrogens is 348 g/mol. The van der Waals surface area contributed by atoms with Gasteiger partial charge in [0.05, 0.1) is 22.8 Å². The quantitative estimate of drug-likeness (QED) is 0.864. The van der Waals surface area contributed by atoms with E-state index in [2.05, 4.69) is 21.6 Å². The van der Waals surface area contributed by atoms with Crippen molar-refractivity contribution in [2.45, 2.75) is 50.6 Å². The fraction of sp³-hybridized carbons (Fsp3) is 0.526. The average molecular weight is 372 g/mol. The number of hydrogen-bond donors (Lipinski definition) is 2. The lowest BCUT2D eigenvalue weighted by Crippen LogP contribution is -2.46. The van der Waals surface area contributed by atoms with Gasteiger partial charge < -0.3 is 5.32 Å². The van der Waals surface area contributed by atoms with E-state index in [4.69, 9.17) is 4.98 Å². The molecule has 2 heterocycles. The number of imide groups is 1. The van der Waals surface area contributed by atoms with Gasteiger partial charge in [-0.25, -0.2) is 9.78 Å². The maximum absolute atomic E-state index is 12.3. The number of nitrogens with zero attached hydrogens (tertiary/aromatic N) is 2. The van der Waals surface area contributed by atoms with Gasteiger partial charge in [0, 0.05) is 6.04 Å². The van der Waals surface area contributed by atoms with Crippen LogP contribution < -0.4 is 10.6 Å². The molecule has 1 aliphatic carbocycles. The molecule has 1 atom stereocenters. The number of rotatable bonds is 4. The highest BCUT2D eigenvalue weighted by Crippen LogP contribution is 2.36. The first-order valence-electron chi connectivity index (χ1n) is 9.39. The first-order valence-corrected chi connectivity index (χ1v) is 10.2. The molecule has 3 amide bonds. The van der Waals surface area contributed by atoms with E-state index in [0.29, 0.717) is 0 Å². The predicted molar refractivity (Wildman–Crippen MR) is 102 cm³/mol. The predicted octanol–water partition coefficient (Wildman–Crippen LogP) is 3.20. The number of carbonyl (C=O) groups excluding carboxylic acids is 2. The molecule has 2 aliphatic rings. The Balaban J connectivity index is 1.35. The number of amides is 3. The summed E-state index contributed by atoms with van der Waals surface area (Å²) in [5.41, 5.74) is 1.01. The van der Waals surface area contributed by atoms with Gasteiger partial charge in [-0.2, -0.15) is 0 Å². The van der Waals surface area contributed by atoms with Crippen LogP contribution in [0.4, 0.5) is 4.79 Å². The third-order valence-electron chi connectivity index (χ3n) is 5.25. The third kappa shape index (κ3) is 3.88. The van der Waals surface area contributed by atoms with Gasteiger partial charge in [0.2, 0.25) is 5.91 Å². The Bertz CT molecular complexity index is 767. The number of likely N-dealkylation sites (tertiary alicyclic amines) is 1. The van der Waals surface area contributed by atoms with E-state index < -0.39 is 0 Å². The van der Waals surface area contributed by atoms with Crippen LogP contribution in [0.2, 0.25) is 0 Å². The topological polar surface area (TPSA) is 74.3 Å². The Labute approximate surface area is 157 Å². The van der Waals surface area contributed by atoms with E-state index in [1.807, 2.05) is 18.2 Å². The second kappa shape index (κ2) is 7.72. The van der Waals surface area contributed by atoms with Crippen LogP contribution in [-0.4, -0.2) is 41.0 Å². The molecule has 7 heteroatoms. The number of thiazole rings is 1. The Hall–Kier alpha value is -1.99. The summed E-state index contributed by atoms with van der Waals surface area (Å²) in [6.07, 6.45) is 6.36. The van der Waals surface area contributed by atoms with Crippen LogP contribution in [0, 0.1) is 0 Å². The highest BCUT2D eigenvalue weighted by molar-refractivity contribution is 7.18. The summed E-state index contributed by atoms with van der Waals surface area (Å²) >= 11 is 1.70. The van der Waals surface area contributed by atoms with E-state index in [-0.39, 0.29) is 30.6 Å². The van der Waals surface area contributed by atoms with Crippen molar-refractivity contribution in [1.29, 1.82) is 0 Å². The summed E-state index contributed by atoms with van der Waals surface area (Å²) in [6, 6.07) is 8.13. The van der Waals surface area contributed by atoms with Gasteiger partial charge in [-0.3, -0.25) is 15.0 Å². The molecule has 1 aromatic carbocycles. The largest absolute Gasteiger partial charge is 0.335 e. The van der Waals surface area contributed by atoms with Crippen molar-refractivity contribution in [3.05, 3.63) is 29.3 Å². The van der Waals surface area contributed by atoms with Crippen LogP contribution in [0.1, 0.15) is 49.6 Å². The number of aromatic nitrogens is 1. The highest BCUT2D eigenvalue weighted by Gasteiger charge is 2.30. The SMILES string of the molecule is O=C(CN1CCC[C@H]1c1nc2ccccc2s1)NC(=O)NC1CCCC1. The van der Waals surface area contributed by atoms with Crippen LogP contribution in [0.15, 0.2) is 24.3 Å². The fourth-order valence-electron chi connectivity index (χ4n) is 3.97. The molecule has 26 heavy (non-hydrogen) atoms. The number of nitrogens with one attached hydrogen (secondary N) is 2. The second-order valence-corrected chi connectivity index (χ2v) is 8.21. The number of carbonyl (C=O) groups is 2. The molecule has 2 aromatic rings. The van der Waals surface area contributed by atoms with Crippen molar-refractivity contribution in [3.8, 4) is 0 Å². The van der Waals surface area contributed by atoms with E-state index in [9.17, 15) is 9.59 Å². The van der Waals surface area contributed by atoms with E-state index in [1.165, 1.54) is 4.70 Å². The van der Waals surface area contributed by atoms with E-state index in [1.54, 1.807) is 11.3 Å². The van der Waals surface area contributed by atoms with Crippen LogP contribution in [0.25, 0.3) is 10.2 Å². The van der Waals surface area contributed by atoms with Gasteiger partial charge in [-0.15, -0.1) is 11.3 Å². The average Bonchev–Trinajstić information content (AvgIpc) is 3.33. The van der Waals surface area contributed by atoms with Gasteiger partial charge in [0.15, 0.2) is 0 Å². The lowest BCUT2D eigenvalue weighted by molar-refractivity contribution is -0.121. The normalized spacial score (nSPS) is 21.3. The first-order chi connectivity index (χ1) is 12.7. The lowest BCUT2D eigenvalue weighted by Gasteiger charge is -2.22. The molecule has 138 valence electrons. The summed E-state index contributed by atoms with van der Waals surface area (Å²) in [4.78, 5) is 31.2. The lowest BCUT2D eigenvalue weighted by atomic mass is 10.2. The minimum Gasteiger partial charge on any atom is -0.335 e. The van der Waals surface area contributed by atoms with Gasteiger partial charge in [0.1, 0.15) is 5.01 Å². The monoisotopic (exact) mass is 372 g/mol. The minimum atomic E-state index is -0.363. The van der Waals surface area contributed by atoms with Gasteiger partial charge in [-0.1, -0.05) is 25.0 Å². The summed E-state index contributed by atoms with van der Waals surface area (Å²) in [5.74, 6) is -0.242. The van der Waals surface area contributed by atoms with Gasteiger partial charge in [-0.05, 0) is 44.4 Å². The van der Waals surface area contributed by atoms with E-state index >= 15 is 0 Å². The van der Waals surface area contributed by atoms with Gasteiger partial charge in [0.25, 0.3) is 0 Å². The Morgan fingerprint density at radius 1 is 1.15 bits per heavy atom. The zero-order valence-corrected chi connectivity index (χ0v) is 15.6. The fourth-order valence-corrected chi connectivity index (χ4v) is 5.11. The summed E-state index contributed by atoms with van der Waals surface area (Å²) in [6.45, 7) is 1.09. The number of para-hydroxylation sites is 1. The van der Waals surface area contributed by atoms with Crippen molar-refractivity contribution in [2.24, 2.45) is 0 Å². The van der Waals surface area contributed by atoms with Crippen molar-refractivity contribution in [2.75, 3.05) is 13.1 Å². The van der Waals surface area contributed by atoms with Crippen LogP contribution >= 0.6 is 11.3 Å². The molecule has 0 unspecified atom stereocenters. The molecule has 0 radical (unpaired) electrons. The number of hydrogen-bond acceptors (Lipinski definition) is 5. The zero-order chi connectivity index (χ0) is 17.9. The van der Waals surface area contributed by atoms with E-state index in [0.717, 1.165) is 55.6 Å². The molecule has 1 saturated carbocycles. The zero-order valence-electron chi connectivity index (χ0n) is 14.7. The van der Waals surface area contributed by atoms with Crippen LogP contribution in [0.5, 0.6) is 0 Å². The highest BCUT2D eigenvalue weighted by atomic mass is 32.1. The van der Waals surface area contributed by atoms with Gasteiger partial charge >= 0.3 is 6.03 Å². The second-order valence-electron chi connectivity index (χ2n) is 7.15. The molecular formula is C19H24N4O2S. The van der Waals surface area contributed by atoms with Crippen LogP contribution in [0.3, 0.4) is 0 Å². The Kier molecular flexibility index (Phi) is 5.17. The number of urea groups is 1. The maximum atomic E-state index is 12.3. The maximum Gasteiger partial charge on any atom is 0.321 e. The molecule has 1 aromatic heterocycles. The third-order valence-corrected chi connectivity index (χ3v) is 6.39. The van der Waals surface area contributed by atoms with Crippen molar-refractivity contribution in [3.63, 3.8) is 0 Å². The summed E-state index contributed by atoms with van der Waals surface area (Å²) < 4.78 is 1.18. The standard InChI is InChI=1S/C19H24N4O2S/c24-17(22-19(25)20-13-6-1-2-7-13)12-23-11-5-9-15(23)18-21-14-8-3-4-10-16(14)26-18/h3-4,8,10,13,15H,1-2,5-7,9,11-12H2,(H2,20,22,24,25)/t15-/m0/s1. The molecule has 0 bridgehead atoms. The molecule has 6 nitrogen and oxygen atoms in total. The first kappa shape index (κ1) is 17.4. The van der Waals surface area contributed by atoms with Crippen molar-refractivity contribution >= 4 is 33.5 Å². The Morgan fingerprint density at radius 2 is 1.96 bits per heavy atom. The van der Waals surface area contributed by atoms with Crippen LogP contribution in [-0.2, 0) is 4.79 Å². The number of fused-ring (bicyclic) bond motifs is 1. The van der Waals surface area contributed by atoms with Crippen molar-refractivity contribution < 1.29 is 9.59 Å². The van der Waals surface area contributed by atoms with Crippen molar-refractivity contribution in [1.82, 2.24) is 20.5 Å². The molecule has 1 aliphatic heterocycles. The molecule has 1 saturated heterocycles. The molecule has 0 spiro atoms. The Morgan fingerprint density at radius 3 is 2.77 bits per heavy atom. The summed E-state index contributed by atoms with van der Waals surface area (Å²) in [5, 5.41) is 6.44.